The third-order valence-electron chi connectivity index (χ3n) is 2.04. The summed E-state index contributed by atoms with van der Waals surface area (Å²) in [6, 6.07) is 0. The summed E-state index contributed by atoms with van der Waals surface area (Å²) < 4.78 is 10.2. The van der Waals surface area contributed by atoms with Crippen molar-refractivity contribution in [2.75, 3.05) is 33.5 Å². The highest BCUT2D eigenvalue weighted by atomic mass is 32.1. The monoisotopic (exact) mass is 244 g/mol. The number of hydrogen-bond donors (Lipinski definition) is 1. The standard InChI is InChI=1S/C11H20N2O2S/c1-10-13-9-11(16-10)8-12-4-3-5-15-7-6-14-2/h9,12H,3-8H2,1-2H3. The van der Waals surface area contributed by atoms with E-state index < -0.39 is 0 Å². The van der Waals surface area contributed by atoms with Gasteiger partial charge in [-0.05, 0) is 19.9 Å². The van der Waals surface area contributed by atoms with Crippen molar-refractivity contribution in [2.45, 2.75) is 19.9 Å². The van der Waals surface area contributed by atoms with E-state index in [1.54, 1.807) is 18.4 Å². The fourth-order valence-electron chi connectivity index (χ4n) is 1.24. The Morgan fingerprint density at radius 1 is 1.38 bits per heavy atom. The topological polar surface area (TPSA) is 43.4 Å². The highest BCUT2D eigenvalue weighted by molar-refractivity contribution is 7.11. The maximum Gasteiger partial charge on any atom is 0.0897 e. The van der Waals surface area contributed by atoms with E-state index in [0.717, 1.165) is 31.1 Å². The lowest BCUT2D eigenvalue weighted by Gasteiger charge is -2.04. The molecule has 0 radical (unpaired) electrons. The van der Waals surface area contributed by atoms with Crippen molar-refractivity contribution in [3.63, 3.8) is 0 Å². The Labute approximate surface area is 101 Å². The number of aromatic nitrogens is 1. The van der Waals surface area contributed by atoms with Crippen LogP contribution in [-0.4, -0.2) is 38.5 Å². The van der Waals surface area contributed by atoms with E-state index >= 15 is 0 Å². The average molecular weight is 244 g/mol. The lowest BCUT2D eigenvalue weighted by atomic mass is 10.4. The SMILES string of the molecule is COCCOCCCNCc1cnc(C)s1. The Bertz CT molecular complexity index is 279. The average Bonchev–Trinajstić information content (AvgIpc) is 2.68. The van der Waals surface area contributed by atoms with Gasteiger partial charge in [0.05, 0.1) is 18.2 Å². The maximum absolute atomic E-state index is 5.36. The van der Waals surface area contributed by atoms with E-state index in [2.05, 4.69) is 10.3 Å². The third kappa shape index (κ3) is 6.17. The second kappa shape index (κ2) is 8.64. The lowest BCUT2D eigenvalue weighted by Crippen LogP contribution is -2.16. The predicted molar refractivity (Wildman–Crippen MR) is 65.9 cm³/mol. The van der Waals surface area contributed by atoms with Gasteiger partial charge in [-0.15, -0.1) is 11.3 Å². The smallest absolute Gasteiger partial charge is 0.0897 e. The summed E-state index contributed by atoms with van der Waals surface area (Å²) in [7, 11) is 1.68. The van der Waals surface area contributed by atoms with Gasteiger partial charge < -0.3 is 14.8 Å². The van der Waals surface area contributed by atoms with E-state index in [1.165, 1.54) is 4.88 Å². The van der Waals surface area contributed by atoms with Crippen LogP contribution < -0.4 is 5.32 Å². The highest BCUT2D eigenvalue weighted by Gasteiger charge is 1.96. The van der Waals surface area contributed by atoms with Crippen LogP contribution in [0.5, 0.6) is 0 Å². The van der Waals surface area contributed by atoms with Crippen LogP contribution in [0.15, 0.2) is 6.20 Å². The molecule has 0 spiro atoms. The molecule has 0 bridgehead atoms. The Balaban J connectivity index is 1.88. The van der Waals surface area contributed by atoms with Crippen molar-refractivity contribution in [1.82, 2.24) is 10.3 Å². The summed E-state index contributed by atoms with van der Waals surface area (Å²) in [5.41, 5.74) is 0. The number of nitrogens with one attached hydrogen (secondary N) is 1. The van der Waals surface area contributed by atoms with Crippen LogP contribution in [0.25, 0.3) is 0 Å². The van der Waals surface area contributed by atoms with Gasteiger partial charge in [0.15, 0.2) is 0 Å². The molecule has 0 aromatic carbocycles. The van der Waals surface area contributed by atoms with Gasteiger partial charge in [-0.3, -0.25) is 0 Å². The van der Waals surface area contributed by atoms with Gasteiger partial charge in [-0.2, -0.15) is 0 Å². The molecule has 1 aromatic heterocycles. The van der Waals surface area contributed by atoms with Gasteiger partial charge in [0.1, 0.15) is 0 Å². The molecule has 0 unspecified atom stereocenters. The van der Waals surface area contributed by atoms with Crippen LogP contribution in [0, 0.1) is 6.92 Å². The molecule has 1 heterocycles. The van der Waals surface area contributed by atoms with E-state index in [-0.39, 0.29) is 0 Å². The number of hydrogen-bond acceptors (Lipinski definition) is 5. The van der Waals surface area contributed by atoms with Gasteiger partial charge in [0.2, 0.25) is 0 Å². The van der Waals surface area contributed by atoms with Crippen LogP contribution >= 0.6 is 11.3 Å². The van der Waals surface area contributed by atoms with Gasteiger partial charge >= 0.3 is 0 Å². The van der Waals surface area contributed by atoms with Crippen molar-refractivity contribution in [3.05, 3.63) is 16.1 Å². The minimum absolute atomic E-state index is 0.674. The van der Waals surface area contributed by atoms with Crippen LogP contribution in [0.4, 0.5) is 0 Å². The molecule has 1 N–H and O–H groups in total. The zero-order chi connectivity index (χ0) is 11.6. The van der Waals surface area contributed by atoms with Crippen molar-refractivity contribution in [1.29, 1.82) is 0 Å². The van der Waals surface area contributed by atoms with Crippen LogP contribution in [-0.2, 0) is 16.0 Å². The Morgan fingerprint density at radius 2 is 2.25 bits per heavy atom. The largest absolute Gasteiger partial charge is 0.382 e. The number of nitrogens with zero attached hydrogens (tertiary/aromatic N) is 1. The third-order valence-corrected chi connectivity index (χ3v) is 2.96. The minimum atomic E-state index is 0.674. The Kier molecular flexibility index (Phi) is 7.33. The van der Waals surface area contributed by atoms with E-state index in [4.69, 9.17) is 9.47 Å². The molecular weight excluding hydrogens is 224 g/mol. The molecule has 0 aliphatic heterocycles. The molecule has 0 aliphatic carbocycles. The quantitative estimate of drug-likeness (QED) is 0.670. The molecule has 0 atom stereocenters. The summed E-state index contributed by atoms with van der Waals surface area (Å²) in [6.07, 6.45) is 2.96. The first-order valence-electron chi connectivity index (χ1n) is 5.51. The zero-order valence-corrected chi connectivity index (χ0v) is 10.8. The number of aryl methyl sites for hydroxylation is 1. The lowest BCUT2D eigenvalue weighted by molar-refractivity contribution is 0.0695. The fourth-order valence-corrected chi connectivity index (χ4v) is 2.01. The normalized spacial score (nSPS) is 10.9. The van der Waals surface area contributed by atoms with Crippen molar-refractivity contribution in [2.24, 2.45) is 0 Å². The second-order valence-corrected chi connectivity index (χ2v) is 4.80. The predicted octanol–water partition coefficient (Wildman–Crippen LogP) is 1.59. The van der Waals surface area contributed by atoms with Crippen molar-refractivity contribution < 1.29 is 9.47 Å². The van der Waals surface area contributed by atoms with Gasteiger partial charge in [-0.25, -0.2) is 4.98 Å². The summed E-state index contributed by atoms with van der Waals surface area (Å²) in [6.45, 7) is 6.06. The molecule has 0 saturated heterocycles. The number of rotatable bonds is 9. The van der Waals surface area contributed by atoms with E-state index in [0.29, 0.717) is 13.2 Å². The molecule has 16 heavy (non-hydrogen) atoms. The molecule has 0 aliphatic rings. The molecular formula is C11H20N2O2S. The van der Waals surface area contributed by atoms with Gasteiger partial charge in [0, 0.05) is 31.3 Å². The molecule has 92 valence electrons. The number of methoxy groups -OCH3 is 1. The van der Waals surface area contributed by atoms with Gasteiger partial charge in [0.25, 0.3) is 0 Å². The summed E-state index contributed by atoms with van der Waals surface area (Å²) in [4.78, 5) is 5.49. The van der Waals surface area contributed by atoms with Crippen LogP contribution in [0.2, 0.25) is 0 Å². The van der Waals surface area contributed by atoms with Crippen molar-refractivity contribution >= 4 is 11.3 Å². The second-order valence-electron chi connectivity index (χ2n) is 3.48. The first kappa shape index (κ1) is 13.6. The molecule has 1 rings (SSSR count). The maximum atomic E-state index is 5.36. The molecule has 0 saturated carbocycles. The highest BCUT2D eigenvalue weighted by Crippen LogP contribution is 2.10. The zero-order valence-electron chi connectivity index (χ0n) is 9.99. The number of ether oxygens (including phenoxy) is 2. The van der Waals surface area contributed by atoms with Crippen LogP contribution in [0.1, 0.15) is 16.3 Å². The van der Waals surface area contributed by atoms with Crippen molar-refractivity contribution in [3.8, 4) is 0 Å². The fraction of sp³-hybridized carbons (Fsp3) is 0.727. The first-order valence-corrected chi connectivity index (χ1v) is 6.33. The molecule has 0 fully saturated rings. The summed E-state index contributed by atoms with van der Waals surface area (Å²) in [5.74, 6) is 0. The molecule has 1 aromatic rings. The molecule has 0 amide bonds. The van der Waals surface area contributed by atoms with E-state index in [1.807, 2.05) is 13.1 Å². The molecule has 5 heteroatoms. The first-order chi connectivity index (χ1) is 7.83. The minimum Gasteiger partial charge on any atom is -0.382 e. The summed E-state index contributed by atoms with van der Waals surface area (Å²) in [5, 5.41) is 4.49. The number of thiazole rings is 1. The molecule has 4 nitrogen and oxygen atoms in total. The van der Waals surface area contributed by atoms with E-state index in [9.17, 15) is 0 Å². The van der Waals surface area contributed by atoms with Crippen LogP contribution in [0.3, 0.4) is 0 Å². The Morgan fingerprint density at radius 3 is 2.94 bits per heavy atom. The Hall–Kier alpha value is -0.490. The summed E-state index contributed by atoms with van der Waals surface area (Å²) >= 11 is 1.74. The van der Waals surface area contributed by atoms with Gasteiger partial charge in [-0.1, -0.05) is 0 Å².